The predicted octanol–water partition coefficient (Wildman–Crippen LogP) is 5.61. The van der Waals surface area contributed by atoms with Crippen LogP contribution >= 0.6 is 0 Å². The number of fused-ring (bicyclic) bond motifs is 2. The van der Waals surface area contributed by atoms with Crippen LogP contribution in [-0.4, -0.2) is 15.2 Å². The molecular formula is C23H22N4O. The first-order valence-electron chi connectivity index (χ1n) is 9.17. The summed E-state index contributed by atoms with van der Waals surface area (Å²) in [5.74, 6) is 1.45. The lowest BCUT2D eigenvalue weighted by Gasteiger charge is -2.12. The molecule has 4 rings (SSSR count). The van der Waals surface area contributed by atoms with E-state index < -0.39 is 0 Å². The third-order valence-corrected chi connectivity index (χ3v) is 4.73. The standard InChI is InChI=1S/C23H22N4O/c1-3-13-26-19-11-7-5-9-17(19)15-21(26)24-23(28)25-22-16-18-10-6-8-12-20(18)27(22)14-4-2/h3-12,15-16H,1-2,13-14H2,(H2,24,25,28). The Morgan fingerprint density at radius 3 is 1.64 bits per heavy atom. The zero-order valence-electron chi connectivity index (χ0n) is 15.6. The second-order valence-electron chi connectivity index (χ2n) is 6.55. The first-order chi connectivity index (χ1) is 13.7. The van der Waals surface area contributed by atoms with Crippen molar-refractivity contribution < 1.29 is 4.79 Å². The van der Waals surface area contributed by atoms with Crippen molar-refractivity contribution in [2.45, 2.75) is 13.1 Å². The molecule has 2 aromatic heterocycles. The summed E-state index contributed by atoms with van der Waals surface area (Å²) in [5.41, 5.74) is 2.11. The van der Waals surface area contributed by atoms with Crippen molar-refractivity contribution >= 4 is 39.5 Å². The molecule has 0 aliphatic heterocycles. The molecule has 2 N–H and O–H groups in total. The maximum Gasteiger partial charge on any atom is 0.325 e. The van der Waals surface area contributed by atoms with Gasteiger partial charge in [0.1, 0.15) is 11.6 Å². The van der Waals surface area contributed by atoms with E-state index >= 15 is 0 Å². The molecule has 0 aliphatic carbocycles. The van der Waals surface area contributed by atoms with Crippen LogP contribution in [0.2, 0.25) is 0 Å². The van der Waals surface area contributed by atoms with E-state index in [-0.39, 0.29) is 6.03 Å². The van der Waals surface area contributed by atoms with E-state index in [1.807, 2.05) is 81.9 Å². The zero-order valence-corrected chi connectivity index (χ0v) is 15.6. The lowest BCUT2D eigenvalue weighted by atomic mass is 10.2. The van der Waals surface area contributed by atoms with Gasteiger partial charge in [0.25, 0.3) is 0 Å². The third-order valence-electron chi connectivity index (χ3n) is 4.73. The number of carbonyl (C=O) groups is 1. The Morgan fingerprint density at radius 1 is 0.786 bits per heavy atom. The molecule has 5 heteroatoms. The van der Waals surface area contributed by atoms with Gasteiger partial charge in [-0.1, -0.05) is 48.6 Å². The lowest BCUT2D eigenvalue weighted by Crippen LogP contribution is -2.22. The highest BCUT2D eigenvalue weighted by molar-refractivity contribution is 6.02. The second-order valence-corrected chi connectivity index (χ2v) is 6.55. The quantitative estimate of drug-likeness (QED) is 0.426. The molecule has 140 valence electrons. The number of urea groups is 1. The van der Waals surface area contributed by atoms with E-state index in [4.69, 9.17) is 0 Å². The molecule has 2 heterocycles. The Kier molecular flexibility index (Phi) is 4.72. The van der Waals surface area contributed by atoms with Crippen molar-refractivity contribution in [1.29, 1.82) is 0 Å². The first kappa shape index (κ1) is 17.7. The summed E-state index contributed by atoms with van der Waals surface area (Å²) < 4.78 is 4.06. The van der Waals surface area contributed by atoms with Crippen LogP contribution in [0, 0.1) is 0 Å². The molecule has 2 aromatic carbocycles. The number of hydrogen-bond donors (Lipinski definition) is 2. The Balaban J connectivity index is 1.63. The number of hydrogen-bond acceptors (Lipinski definition) is 1. The van der Waals surface area contributed by atoms with Gasteiger partial charge in [0, 0.05) is 23.9 Å². The molecule has 28 heavy (non-hydrogen) atoms. The average Bonchev–Trinajstić information content (AvgIpc) is 3.21. The summed E-state index contributed by atoms with van der Waals surface area (Å²) in [6.07, 6.45) is 3.63. The van der Waals surface area contributed by atoms with Crippen LogP contribution in [0.1, 0.15) is 0 Å². The molecule has 0 atom stereocenters. The van der Waals surface area contributed by atoms with Crippen LogP contribution in [0.15, 0.2) is 86.0 Å². The predicted molar refractivity (Wildman–Crippen MR) is 117 cm³/mol. The number of anilines is 2. The fourth-order valence-electron chi connectivity index (χ4n) is 3.54. The third kappa shape index (κ3) is 3.18. The van der Waals surface area contributed by atoms with E-state index in [2.05, 4.69) is 23.8 Å². The first-order valence-corrected chi connectivity index (χ1v) is 9.17. The van der Waals surface area contributed by atoms with E-state index in [1.165, 1.54) is 0 Å². The van der Waals surface area contributed by atoms with Crippen molar-refractivity contribution in [2.24, 2.45) is 0 Å². The van der Waals surface area contributed by atoms with Crippen molar-refractivity contribution in [3.8, 4) is 0 Å². The van der Waals surface area contributed by atoms with Gasteiger partial charge >= 0.3 is 6.03 Å². The lowest BCUT2D eigenvalue weighted by molar-refractivity contribution is 0.262. The van der Waals surface area contributed by atoms with Gasteiger partial charge < -0.3 is 9.13 Å². The van der Waals surface area contributed by atoms with Gasteiger partial charge in [-0.05, 0) is 24.3 Å². The number of benzene rings is 2. The average molecular weight is 370 g/mol. The minimum absolute atomic E-state index is 0.291. The fraction of sp³-hybridized carbons (Fsp3) is 0.0870. The Labute approximate surface area is 163 Å². The Bertz CT molecular complexity index is 1090. The van der Waals surface area contributed by atoms with E-state index in [0.29, 0.717) is 13.1 Å². The number of para-hydroxylation sites is 2. The molecule has 0 saturated heterocycles. The summed E-state index contributed by atoms with van der Waals surface area (Å²) in [7, 11) is 0. The van der Waals surface area contributed by atoms with Crippen molar-refractivity contribution in [3.63, 3.8) is 0 Å². The number of nitrogens with zero attached hydrogens (tertiary/aromatic N) is 2. The van der Waals surface area contributed by atoms with Crippen LogP contribution in [0.3, 0.4) is 0 Å². The summed E-state index contributed by atoms with van der Waals surface area (Å²) in [4.78, 5) is 12.7. The van der Waals surface area contributed by atoms with Crippen molar-refractivity contribution in [3.05, 3.63) is 86.0 Å². The highest BCUT2D eigenvalue weighted by Crippen LogP contribution is 2.26. The van der Waals surface area contributed by atoms with Crippen LogP contribution in [0.4, 0.5) is 16.4 Å². The molecule has 0 fully saturated rings. The molecule has 0 saturated carbocycles. The molecule has 0 bridgehead atoms. The van der Waals surface area contributed by atoms with Crippen molar-refractivity contribution in [1.82, 2.24) is 9.13 Å². The molecule has 2 amide bonds. The molecule has 0 unspecified atom stereocenters. The fourth-order valence-corrected chi connectivity index (χ4v) is 3.54. The highest BCUT2D eigenvalue weighted by atomic mass is 16.2. The SMILES string of the molecule is C=CCn1c(NC(=O)Nc2cc3ccccc3n2CC=C)cc2ccccc21. The highest BCUT2D eigenvalue weighted by Gasteiger charge is 2.13. The molecule has 0 spiro atoms. The topological polar surface area (TPSA) is 51.0 Å². The number of aromatic nitrogens is 2. The monoisotopic (exact) mass is 370 g/mol. The summed E-state index contributed by atoms with van der Waals surface area (Å²) in [6, 6.07) is 19.7. The van der Waals surface area contributed by atoms with E-state index in [1.54, 1.807) is 0 Å². The molecule has 0 radical (unpaired) electrons. The zero-order chi connectivity index (χ0) is 19.5. The summed E-state index contributed by atoms with van der Waals surface area (Å²) in [5, 5.41) is 8.09. The van der Waals surface area contributed by atoms with Gasteiger partial charge in [-0.2, -0.15) is 0 Å². The maximum atomic E-state index is 12.7. The number of carbonyl (C=O) groups excluding carboxylic acids is 1. The van der Waals surface area contributed by atoms with Crippen LogP contribution < -0.4 is 10.6 Å². The molecule has 0 aliphatic rings. The maximum absolute atomic E-state index is 12.7. The van der Waals surface area contributed by atoms with Gasteiger partial charge in [-0.25, -0.2) is 4.79 Å². The van der Waals surface area contributed by atoms with Gasteiger partial charge in [0.05, 0.1) is 11.0 Å². The van der Waals surface area contributed by atoms with Crippen LogP contribution in [0.5, 0.6) is 0 Å². The number of nitrogens with one attached hydrogen (secondary N) is 2. The number of amides is 2. The number of rotatable bonds is 6. The van der Waals surface area contributed by atoms with Crippen molar-refractivity contribution in [2.75, 3.05) is 10.6 Å². The van der Waals surface area contributed by atoms with Crippen LogP contribution in [-0.2, 0) is 13.1 Å². The number of allylic oxidation sites excluding steroid dienone is 2. The minimum Gasteiger partial charge on any atom is -0.323 e. The van der Waals surface area contributed by atoms with Gasteiger partial charge in [0.15, 0.2) is 0 Å². The van der Waals surface area contributed by atoms with Gasteiger partial charge in [-0.3, -0.25) is 10.6 Å². The molecule has 4 aromatic rings. The molecule has 5 nitrogen and oxygen atoms in total. The van der Waals surface area contributed by atoms with Crippen LogP contribution in [0.25, 0.3) is 21.8 Å². The summed E-state index contributed by atoms with van der Waals surface area (Å²) in [6.45, 7) is 8.87. The van der Waals surface area contributed by atoms with E-state index in [9.17, 15) is 4.79 Å². The molecular weight excluding hydrogens is 348 g/mol. The van der Waals surface area contributed by atoms with Gasteiger partial charge in [-0.15, -0.1) is 13.2 Å². The Hall–Kier alpha value is -3.73. The normalized spacial score (nSPS) is 10.9. The van der Waals surface area contributed by atoms with E-state index in [0.717, 1.165) is 33.4 Å². The largest absolute Gasteiger partial charge is 0.325 e. The Morgan fingerprint density at radius 2 is 1.21 bits per heavy atom. The minimum atomic E-state index is -0.291. The smallest absolute Gasteiger partial charge is 0.323 e. The summed E-state index contributed by atoms with van der Waals surface area (Å²) >= 11 is 0. The van der Waals surface area contributed by atoms with Gasteiger partial charge in [0.2, 0.25) is 0 Å². The second kappa shape index (κ2) is 7.48.